The molecule has 176 valence electrons. The predicted octanol–water partition coefficient (Wildman–Crippen LogP) is 0.187. The third kappa shape index (κ3) is 2.90. The van der Waals surface area contributed by atoms with Crippen molar-refractivity contribution in [1.29, 1.82) is 0 Å². The number of hydrogen-bond acceptors (Lipinski definition) is 9. The Balaban J connectivity index is 1.98. The number of amides is 1. The Labute approximate surface area is 190 Å². The summed E-state index contributed by atoms with van der Waals surface area (Å²) in [7, 11) is 6.79. The van der Waals surface area contributed by atoms with Crippen molar-refractivity contribution >= 4 is 23.2 Å². The number of fused-ring (bicyclic) bond motifs is 3. The summed E-state index contributed by atoms with van der Waals surface area (Å²) < 4.78 is 0. The van der Waals surface area contributed by atoms with Crippen LogP contribution in [0.5, 0.6) is 5.75 Å². The van der Waals surface area contributed by atoms with Gasteiger partial charge >= 0.3 is 0 Å². The molecule has 0 bridgehead atoms. The van der Waals surface area contributed by atoms with Crippen molar-refractivity contribution in [2.75, 3.05) is 33.1 Å². The van der Waals surface area contributed by atoms with E-state index in [4.69, 9.17) is 5.73 Å². The highest BCUT2D eigenvalue weighted by molar-refractivity contribution is 6.24. The van der Waals surface area contributed by atoms with Gasteiger partial charge in [0.15, 0.2) is 11.4 Å². The third-order valence-electron chi connectivity index (χ3n) is 7.06. The van der Waals surface area contributed by atoms with E-state index in [1.54, 1.807) is 39.2 Å². The Hall–Kier alpha value is -3.37. The van der Waals surface area contributed by atoms with Gasteiger partial charge in [0.25, 0.3) is 5.91 Å². The van der Waals surface area contributed by atoms with Crippen LogP contribution in [0.2, 0.25) is 0 Å². The van der Waals surface area contributed by atoms with Crippen LogP contribution in [0.25, 0.3) is 0 Å². The van der Waals surface area contributed by atoms with Gasteiger partial charge in [0.2, 0.25) is 5.78 Å². The first-order valence-electron chi connectivity index (χ1n) is 10.5. The van der Waals surface area contributed by atoms with Gasteiger partial charge in [-0.25, -0.2) is 0 Å². The molecule has 33 heavy (non-hydrogen) atoms. The molecular formula is C23H27N3O7. The van der Waals surface area contributed by atoms with Crippen molar-refractivity contribution in [2.45, 2.75) is 24.5 Å². The number of carbonyl (C=O) groups is 3. The summed E-state index contributed by atoms with van der Waals surface area (Å²) in [4.78, 5) is 42.0. The lowest BCUT2D eigenvalue weighted by atomic mass is 9.58. The monoisotopic (exact) mass is 457 g/mol. The molecule has 4 atom stereocenters. The third-order valence-corrected chi connectivity index (χ3v) is 7.06. The Bertz CT molecular complexity index is 1170. The largest absolute Gasteiger partial charge is 0.510 e. The predicted molar refractivity (Wildman–Crippen MR) is 118 cm³/mol. The number of likely N-dealkylation sites (N-methyl/N-ethyl adjacent to an activating group) is 1. The summed E-state index contributed by atoms with van der Waals surface area (Å²) in [5, 5.41) is 43.9. The van der Waals surface area contributed by atoms with Crippen molar-refractivity contribution in [2.24, 2.45) is 17.6 Å². The molecule has 6 N–H and O–H groups in total. The van der Waals surface area contributed by atoms with E-state index >= 15 is 0 Å². The quantitative estimate of drug-likeness (QED) is 0.398. The number of allylic oxidation sites excluding steroid dienone is 1. The molecule has 0 radical (unpaired) electrons. The van der Waals surface area contributed by atoms with Gasteiger partial charge in [-0.05, 0) is 50.6 Å². The number of hydrogen-bond donors (Lipinski definition) is 5. The van der Waals surface area contributed by atoms with Crippen molar-refractivity contribution in [3.63, 3.8) is 0 Å². The van der Waals surface area contributed by atoms with E-state index in [2.05, 4.69) is 0 Å². The number of carbonyl (C=O) groups excluding carboxylic acids is 3. The van der Waals surface area contributed by atoms with Crippen molar-refractivity contribution in [1.82, 2.24) is 4.90 Å². The lowest BCUT2D eigenvalue weighted by Gasteiger charge is -2.50. The molecule has 0 heterocycles. The van der Waals surface area contributed by atoms with E-state index in [1.165, 1.54) is 11.0 Å². The lowest BCUT2D eigenvalue weighted by molar-refractivity contribution is -0.148. The smallest absolute Gasteiger partial charge is 0.255 e. The van der Waals surface area contributed by atoms with Crippen LogP contribution in [0.4, 0.5) is 5.69 Å². The molecule has 10 heteroatoms. The fraction of sp³-hybridized carbons (Fsp3) is 0.435. The first kappa shape index (κ1) is 22.8. The number of phenols is 1. The number of anilines is 1. The number of nitrogens with two attached hydrogens (primary N) is 1. The number of Topliss-reactive ketones (excluding diaryl/α,β-unsaturated/α-hetero) is 2. The molecule has 10 nitrogen and oxygen atoms in total. The molecule has 1 aromatic rings. The minimum Gasteiger partial charge on any atom is -0.510 e. The van der Waals surface area contributed by atoms with Gasteiger partial charge < -0.3 is 31.1 Å². The van der Waals surface area contributed by atoms with Crippen LogP contribution in [0.15, 0.2) is 34.8 Å². The molecule has 0 saturated heterocycles. The number of nitrogens with zero attached hydrogens (tertiary/aromatic N) is 2. The number of ketones is 2. The maximum absolute atomic E-state index is 13.5. The minimum atomic E-state index is -2.63. The molecule has 1 amide bonds. The second-order valence-electron chi connectivity index (χ2n) is 9.31. The van der Waals surface area contributed by atoms with E-state index in [9.17, 15) is 34.8 Å². The second kappa shape index (κ2) is 7.32. The zero-order chi connectivity index (χ0) is 24.6. The molecule has 1 aromatic carbocycles. The number of aliphatic hydroxyl groups excluding tert-OH is 2. The molecule has 1 unspecified atom stereocenters. The van der Waals surface area contributed by atoms with Gasteiger partial charge in [-0.1, -0.05) is 0 Å². The average molecular weight is 457 g/mol. The summed E-state index contributed by atoms with van der Waals surface area (Å²) in [5.74, 6) is -6.53. The number of aliphatic hydroxyl groups is 3. The van der Waals surface area contributed by atoms with Gasteiger partial charge in [-0.15, -0.1) is 0 Å². The van der Waals surface area contributed by atoms with Crippen LogP contribution in [0.1, 0.15) is 22.3 Å². The highest BCUT2D eigenvalue weighted by atomic mass is 16.3. The Kier molecular flexibility index (Phi) is 5.06. The summed E-state index contributed by atoms with van der Waals surface area (Å²) in [6.07, 6.45) is 0.324. The van der Waals surface area contributed by atoms with Crippen LogP contribution in [-0.4, -0.2) is 82.6 Å². The molecular weight excluding hydrogens is 430 g/mol. The van der Waals surface area contributed by atoms with E-state index in [0.717, 1.165) is 5.69 Å². The van der Waals surface area contributed by atoms with Crippen molar-refractivity contribution in [3.05, 3.63) is 45.9 Å². The van der Waals surface area contributed by atoms with E-state index < -0.39 is 58.0 Å². The molecule has 0 spiro atoms. The topological polar surface area (TPSA) is 165 Å². The summed E-state index contributed by atoms with van der Waals surface area (Å²) in [6.45, 7) is 0. The van der Waals surface area contributed by atoms with Crippen LogP contribution in [0, 0.1) is 11.8 Å². The number of aromatic hydroxyl groups is 1. The molecule has 3 aliphatic carbocycles. The van der Waals surface area contributed by atoms with E-state index in [0.29, 0.717) is 5.56 Å². The number of phenolic OH excluding ortho intramolecular Hbond substituents is 1. The zero-order valence-electron chi connectivity index (χ0n) is 18.8. The zero-order valence-corrected chi connectivity index (χ0v) is 18.8. The maximum Gasteiger partial charge on any atom is 0.255 e. The molecule has 0 saturated carbocycles. The highest BCUT2D eigenvalue weighted by Crippen LogP contribution is 2.52. The summed E-state index contributed by atoms with van der Waals surface area (Å²) >= 11 is 0. The standard InChI is InChI=1S/C23H27N3O7/c1-25(2)12-5-6-13(27)15-10(12)7-9-8-11-17(26(3)4)19(29)16(22(24)32)21(31)23(11,33)20(30)14(9)18(15)28/h5-6,9,11,17,27,29-30,33H,7-8H2,1-4H3,(H2,24,32)/t9?,11-,17-,23-/m0/s1. The first-order valence-corrected chi connectivity index (χ1v) is 10.5. The molecule has 0 fully saturated rings. The van der Waals surface area contributed by atoms with Gasteiger partial charge in [0.1, 0.15) is 22.8 Å². The van der Waals surface area contributed by atoms with Crippen LogP contribution in [0.3, 0.4) is 0 Å². The van der Waals surface area contributed by atoms with Gasteiger partial charge in [-0.2, -0.15) is 0 Å². The van der Waals surface area contributed by atoms with Crippen LogP contribution in [-0.2, 0) is 16.0 Å². The second-order valence-corrected chi connectivity index (χ2v) is 9.31. The number of primary amides is 1. The lowest BCUT2D eigenvalue weighted by Crippen LogP contribution is -2.63. The summed E-state index contributed by atoms with van der Waals surface area (Å²) in [6, 6.07) is 2.06. The fourth-order valence-corrected chi connectivity index (χ4v) is 5.65. The molecule has 4 rings (SSSR count). The van der Waals surface area contributed by atoms with Crippen molar-refractivity contribution in [3.8, 4) is 5.75 Å². The van der Waals surface area contributed by atoms with E-state index in [-0.39, 0.29) is 29.7 Å². The fourth-order valence-electron chi connectivity index (χ4n) is 5.65. The first-order chi connectivity index (χ1) is 15.3. The van der Waals surface area contributed by atoms with Gasteiger partial charge in [0.05, 0.1) is 11.6 Å². The van der Waals surface area contributed by atoms with Crippen molar-refractivity contribution < 1.29 is 34.8 Å². The average Bonchev–Trinajstić information content (AvgIpc) is 2.70. The normalized spacial score (nSPS) is 29.1. The van der Waals surface area contributed by atoms with E-state index in [1.807, 2.05) is 0 Å². The highest BCUT2D eigenvalue weighted by Gasteiger charge is 2.63. The number of benzene rings is 1. The van der Waals surface area contributed by atoms with Crippen LogP contribution >= 0.6 is 0 Å². The minimum absolute atomic E-state index is 0.00184. The Morgan fingerprint density at radius 2 is 1.76 bits per heavy atom. The number of rotatable bonds is 3. The SMILES string of the molecule is CN(C)c1ccc(O)c2c1CC1C[C@H]3[C@H](N(C)C)C(O)=C(C(N)=O)C(=O)[C@@]3(O)C(O)=C1C2=O. The molecule has 0 aromatic heterocycles. The maximum atomic E-state index is 13.5. The molecule has 3 aliphatic rings. The summed E-state index contributed by atoms with van der Waals surface area (Å²) in [5.41, 5.74) is 3.02. The Morgan fingerprint density at radius 3 is 2.30 bits per heavy atom. The van der Waals surface area contributed by atoms with Gasteiger partial charge in [-0.3, -0.25) is 19.3 Å². The Morgan fingerprint density at radius 1 is 1.12 bits per heavy atom. The van der Waals surface area contributed by atoms with Crippen LogP contribution < -0.4 is 10.6 Å². The van der Waals surface area contributed by atoms with Gasteiger partial charge in [0, 0.05) is 31.3 Å². The molecule has 0 aliphatic heterocycles.